The topological polar surface area (TPSA) is 141 Å². The molecule has 2 rings (SSSR count). The first-order valence-electron chi connectivity index (χ1n) is 8.34. The Labute approximate surface area is 224 Å². The molecule has 31 heavy (non-hydrogen) atoms. The first-order valence-corrected chi connectivity index (χ1v) is 9.80. The normalized spacial score (nSPS) is 10.8. The summed E-state index contributed by atoms with van der Waals surface area (Å²) in [4.78, 5) is 22.4. The minimum absolute atomic E-state index is 0. The third-order valence-corrected chi connectivity index (χ3v) is 4.47. The Morgan fingerprint density at radius 3 is 2.03 bits per heavy atom. The first kappa shape index (κ1) is 30.4. The molecule has 0 aliphatic heterocycles. The van der Waals surface area contributed by atoms with Crippen molar-refractivity contribution in [2.45, 2.75) is 13.2 Å². The minimum Gasteiger partial charge on any atom is -0.780 e. The molecule has 0 aromatic heterocycles. The Morgan fingerprint density at radius 1 is 0.903 bits per heavy atom. The van der Waals surface area contributed by atoms with Crippen LogP contribution in [0.1, 0.15) is 22.3 Å². The Kier molecular flexibility index (Phi) is 13.6. The molecule has 0 aliphatic rings. The van der Waals surface area contributed by atoms with Crippen LogP contribution in [0, 0.1) is 0 Å². The zero-order valence-corrected chi connectivity index (χ0v) is 23.0. The molecular weight excluding hydrogens is 449 g/mol. The molecule has 0 bridgehead atoms. The van der Waals surface area contributed by atoms with Crippen molar-refractivity contribution in [2.24, 2.45) is 0 Å². The Hall–Kier alpha value is -0.550. The molecule has 2 aromatic carbocycles. The van der Waals surface area contributed by atoms with Crippen LogP contribution in [0.5, 0.6) is 23.0 Å². The van der Waals surface area contributed by atoms with E-state index in [1.807, 2.05) is 0 Å². The van der Waals surface area contributed by atoms with Crippen LogP contribution in [0.4, 0.5) is 0 Å². The number of benzene rings is 2. The van der Waals surface area contributed by atoms with Crippen molar-refractivity contribution in [3.8, 4) is 23.0 Å². The van der Waals surface area contributed by atoms with E-state index in [1.165, 1.54) is 39.5 Å². The summed E-state index contributed by atoms with van der Waals surface area (Å²) in [6.07, 6.45) is 3.10. The van der Waals surface area contributed by atoms with Gasteiger partial charge in [-0.3, -0.25) is 0 Å². The summed E-state index contributed by atoms with van der Waals surface area (Å²) in [5, 5.41) is 19.0. The Morgan fingerprint density at radius 2 is 1.55 bits per heavy atom. The van der Waals surface area contributed by atoms with Crippen LogP contribution < -0.4 is 87.6 Å². The van der Waals surface area contributed by atoms with Gasteiger partial charge in [-0.05, 0) is 35.4 Å². The van der Waals surface area contributed by atoms with Gasteiger partial charge in [0.2, 0.25) is 5.75 Å². The maximum Gasteiger partial charge on any atom is 1.00 e. The number of hydrogen-bond donors (Lipinski definition) is 2. The quantitative estimate of drug-likeness (QED) is 0.210. The summed E-state index contributed by atoms with van der Waals surface area (Å²) in [6.45, 7) is -0.618. The maximum atomic E-state index is 11.2. The fourth-order valence-corrected chi connectivity index (χ4v) is 3.17. The van der Waals surface area contributed by atoms with E-state index in [9.17, 15) is 24.6 Å². The molecule has 0 spiro atoms. The van der Waals surface area contributed by atoms with E-state index in [-0.39, 0.29) is 95.1 Å². The van der Waals surface area contributed by atoms with Crippen LogP contribution in [0.15, 0.2) is 24.3 Å². The van der Waals surface area contributed by atoms with E-state index < -0.39 is 7.82 Å². The monoisotopic (exact) mass is 470 g/mol. The van der Waals surface area contributed by atoms with Crippen molar-refractivity contribution in [3.63, 3.8) is 0 Å². The van der Waals surface area contributed by atoms with E-state index in [4.69, 9.17) is 14.2 Å². The number of aliphatic hydroxyl groups excluding tert-OH is 2. The van der Waals surface area contributed by atoms with Crippen LogP contribution in [-0.4, -0.2) is 31.5 Å². The number of ether oxygens (including phenoxy) is 3. The minimum atomic E-state index is -5.37. The van der Waals surface area contributed by atoms with Crippen molar-refractivity contribution in [1.82, 2.24) is 0 Å². The van der Waals surface area contributed by atoms with Crippen molar-refractivity contribution < 1.29 is 102 Å². The summed E-state index contributed by atoms with van der Waals surface area (Å²) < 4.78 is 31.3. The first-order chi connectivity index (χ1) is 13.8. The van der Waals surface area contributed by atoms with E-state index in [0.29, 0.717) is 22.4 Å². The van der Waals surface area contributed by atoms with Gasteiger partial charge >= 0.3 is 59.1 Å². The van der Waals surface area contributed by atoms with Crippen molar-refractivity contribution >= 4 is 20.0 Å². The van der Waals surface area contributed by atoms with Crippen molar-refractivity contribution in [3.05, 3.63) is 46.5 Å². The van der Waals surface area contributed by atoms with Crippen LogP contribution in [0.25, 0.3) is 12.2 Å². The predicted molar refractivity (Wildman–Crippen MR) is 102 cm³/mol. The number of methoxy groups -OCH3 is 3. The third-order valence-electron chi connectivity index (χ3n) is 4.06. The number of phosphoric ester groups is 1. The molecule has 0 amide bonds. The number of phosphoric acid groups is 1. The molecule has 9 nitrogen and oxygen atoms in total. The van der Waals surface area contributed by atoms with Crippen LogP contribution >= 0.6 is 7.82 Å². The Bertz CT molecular complexity index is 919. The van der Waals surface area contributed by atoms with Crippen LogP contribution in [-0.2, 0) is 17.8 Å². The standard InChI is InChI=1S/C19H23O9P.2Na/c1-25-16-7-6-13(18(19(16)27-3)28-29(22,23)24)5-4-12-8-14(10-20)15(11-21)17(9-12)26-2;;/h4-9,20-21H,10-11H2,1-3H3,(H2,22,23,24);;/q;2*+1/p-2/b5-4-;;. The molecule has 158 valence electrons. The van der Waals surface area contributed by atoms with Crippen molar-refractivity contribution in [2.75, 3.05) is 21.3 Å². The molecule has 0 unspecified atom stereocenters. The van der Waals surface area contributed by atoms with Crippen LogP contribution in [0.3, 0.4) is 0 Å². The van der Waals surface area contributed by atoms with Crippen LogP contribution in [0.2, 0.25) is 0 Å². The van der Waals surface area contributed by atoms with Gasteiger partial charge in [0.25, 0.3) is 0 Å². The maximum absolute atomic E-state index is 11.2. The van der Waals surface area contributed by atoms with Gasteiger partial charge < -0.3 is 43.3 Å². The molecule has 0 radical (unpaired) electrons. The summed E-state index contributed by atoms with van der Waals surface area (Å²) in [6, 6.07) is 6.29. The van der Waals surface area contributed by atoms with Crippen molar-refractivity contribution in [1.29, 1.82) is 0 Å². The van der Waals surface area contributed by atoms with Gasteiger partial charge in [0.05, 0.1) is 34.5 Å². The average molecular weight is 470 g/mol. The van der Waals surface area contributed by atoms with Gasteiger partial charge in [0, 0.05) is 11.1 Å². The molecule has 2 N–H and O–H groups in total. The molecular formula is C19H21Na2O9P. The largest absolute Gasteiger partial charge is 1.00 e. The zero-order chi connectivity index (χ0) is 21.6. The van der Waals surface area contributed by atoms with Gasteiger partial charge in [0.15, 0.2) is 11.5 Å². The summed E-state index contributed by atoms with van der Waals surface area (Å²) in [5.74, 6) is 0.208. The number of aliphatic hydroxyl groups is 2. The SMILES string of the molecule is COc1cc(/C=C\c2ccc(OC)c(OC)c2OP(=O)([O-])[O-])cc(CO)c1CO.[Na+].[Na+]. The zero-order valence-electron chi connectivity index (χ0n) is 18.1. The molecule has 12 heteroatoms. The molecule has 0 fully saturated rings. The predicted octanol–water partition coefficient (Wildman–Crippen LogP) is -4.92. The molecule has 0 atom stereocenters. The second-order valence-electron chi connectivity index (χ2n) is 5.77. The third kappa shape index (κ3) is 8.07. The molecule has 0 saturated heterocycles. The van der Waals surface area contributed by atoms with Gasteiger partial charge in [-0.25, -0.2) is 0 Å². The van der Waals surface area contributed by atoms with E-state index in [2.05, 4.69) is 4.52 Å². The Balaban J connectivity index is 0.00000450. The fourth-order valence-electron chi connectivity index (χ4n) is 2.76. The summed E-state index contributed by atoms with van der Waals surface area (Å²) in [5.41, 5.74) is 1.77. The molecule has 2 aromatic rings. The molecule has 0 aliphatic carbocycles. The smallest absolute Gasteiger partial charge is 0.780 e. The fraction of sp³-hybridized carbons (Fsp3) is 0.263. The van der Waals surface area contributed by atoms with E-state index in [1.54, 1.807) is 18.2 Å². The summed E-state index contributed by atoms with van der Waals surface area (Å²) >= 11 is 0. The second kappa shape index (κ2) is 13.9. The van der Waals surface area contributed by atoms with Gasteiger partial charge in [0.1, 0.15) is 13.6 Å². The van der Waals surface area contributed by atoms with E-state index in [0.717, 1.165) is 0 Å². The van der Waals surface area contributed by atoms with Gasteiger partial charge in [-0.1, -0.05) is 12.2 Å². The number of hydrogen-bond acceptors (Lipinski definition) is 9. The second-order valence-corrected chi connectivity index (χ2v) is 6.85. The van der Waals surface area contributed by atoms with Gasteiger partial charge in [-0.15, -0.1) is 0 Å². The van der Waals surface area contributed by atoms with Gasteiger partial charge in [-0.2, -0.15) is 0 Å². The average Bonchev–Trinajstić information content (AvgIpc) is 2.70. The van der Waals surface area contributed by atoms with E-state index >= 15 is 0 Å². The molecule has 0 saturated carbocycles. The number of rotatable bonds is 9. The summed E-state index contributed by atoms with van der Waals surface area (Å²) in [7, 11) is -1.29. The molecule has 0 heterocycles.